The van der Waals surface area contributed by atoms with Crippen molar-refractivity contribution in [2.75, 3.05) is 20.6 Å². The van der Waals surface area contributed by atoms with E-state index in [-0.39, 0.29) is 23.7 Å². The Morgan fingerprint density at radius 3 is 2.62 bits per heavy atom. The number of aromatic amines is 1. The fourth-order valence-electron chi connectivity index (χ4n) is 4.86. The van der Waals surface area contributed by atoms with E-state index in [2.05, 4.69) is 46.8 Å². The third kappa shape index (κ3) is 4.12. The molecule has 0 unspecified atom stereocenters. The average Bonchev–Trinajstić information content (AvgIpc) is 3.59. The van der Waals surface area contributed by atoms with Crippen LogP contribution >= 0.6 is 11.3 Å². The van der Waals surface area contributed by atoms with Crippen molar-refractivity contribution in [1.82, 2.24) is 29.9 Å². The van der Waals surface area contributed by atoms with E-state index < -0.39 is 0 Å². The highest BCUT2D eigenvalue weighted by atomic mass is 32.1. The molecule has 1 N–H and O–H groups in total. The number of aromatic nitrogens is 3. The van der Waals surface area contributed by atoms with E-state index in [1.807, 2.05) is 37.4 Å². The molecule has 2 aliphatic rings. The highest BCUT2D eigenvalue weighted by Crippen LogP contribution is 2.38. The third-order valence-electron chi connectivity index (χ3n) is 7.09. The Balaban J connectivity index is 1.25. The first kappa shape index (κ1) is 23.8. The van der Waals surface area contributed by atoms with Gasteiger partial charge in [-0.1, -0.05) is 32.9 Å². The Morgan fingerprint density at radius 2 is 1.95 bits per heavy atom. The molecule has 0 spiro atoms. The van der Waals surface area contributed by atoms with Gasteiger partial charge in [0.05, 0.1) is 10.4 Å². The van der Waals surface area contributed by atoms with Gasteiger partial charge < -0.3 is 14.9 Å². The van der Waals surface area contributed by atoms with Gasteiger partial charge in [-0.25, -0.2) is 19.4 Å². The standard InChI is InChI=1S/C28H29FN6OS/c1-28(2,3)22-11-18-15-35(27(36)24(18)37-22)14-17-7-6-16(10-21(17)29)20-8-9-30-26-23(20)31-25(32-26)19-12-33(4)34(5)13-19/h6-12H,13-15H2,1-5H3,(H,30,31,32). The molecule has 1 aromatic carbocycles. The molecule has 0 fully saturated rings. The number of rotatable bonds is 4. The molecule has 0 saturated heterocycles. The fraction of sp³-hybridized carbons (Fsp3) is 0.321. The number of hydrogen-bond donors (Lipinski definition) is 1. The van der Waals surface area contributed by atoms with Gasteiger partial charge in [0.25, 0.3) is 5.91 Å². The number of nitrogens with one attached hydrogen (secondary N) is 1. The molecule has 37 heavy (non-hydrogen) atoms. The summed E-state index contributed by atoms with van der Waals surface area (Å²) in [4.78, 5) is 29.2. The molecule has 0 aliphatic carbocycles. The molecule has 1 amide bonds. The first-order chi connectivity index (χ1) is 17.6. The molecule has 7 nitrogen and oxygen atoms in total. The molecule has 190 valence electrons. The highest BCUT2D eigenvalue weighted by molar-refractivity contribution is 7.14. The second-order valence-corrected chi connectivity index (χ2v) is 11.9. The lowest BCUT2D eigenvalue weighted by Gasteiger charge is -2.19. The summed E-state index contributed by atoms with van der Waals surface area (Å²) in [5.74, 6) is 0.414. The molecular formula is C28H29FN6OS. The van der Waals surface area contributed by atoms with Gasteiger partial charge in [-0.2, -0.15) is 0 Å². The van der Waals surface area contributed by atoms with Gasteiger partial charge >= 0.3 is 0 Å². The van der Waals surface area contributed by atoms with Gasteiger partial charge in [-0.05, 0) is 34.7 Å². The van der Waals surface area contributed by atoms with Crippen molar-refractivity contribution in [1.29, 1.82) is 0 Å². The minimum absolute atomic E-state index is 0.0105. The first-order valence-electron chi connectivity index (χ1n) is 12.3. The summed E-state index contributed by atoms with van der Waals surface area (Å²) in [7, 11) is 4.00. The smallest absolute Gasteiger partial charge is 0.264 e. The summed E-state index contributed by atoms with van der Waals surface area (Å²) in [5.41, 5.74) is 5.56. The zero-order valence-corrected chi connectivity index (χ0v) is 22.4. The predicted molar refractivity (Wildman–Crippen MR) is 144 cm³/mol. The SMILES string of the molecule is CN1C=C(c2nc3nccc(-c4ccc(CN5Cc6cc(C(C)(C)C)sc6C5=O)c(F)c4)c3[nH]2)CN1C. The number of H-pyrrole nitrogens is 1. The Bertz CT molecular complexity index is 1580. The van der Waals surface area contributed by atoms with Crippen LogP contribution < -0.4 is 0 Å². The number of fused-ring (bicyclic) bond motifs is 2. The van der Waals surface area contributed by atoms with Gasteiger partial charge in [0.2, 0.25) is 0 Å². The topological polar surface area (TPSA) is 68.4 Å². The average molecular weight is 517 g/mol. The number of halogens is 1. The van der Waals surface area contributed by atoms with Crippen molar-refractivity contribution in [3.63, 3.8) is 0 Å². The zero-order chi connectivity index (χ0) is 26.1. The molecular weight excluding hydrogens is 487 g/mol. The minimum atomic E-state index is -0.331. The van der Waals surface area contributed by atoms with Crippen LogP contribution in [-0.2, 0) is 18.5 Å². The van der Waals surface area contributed by atoms with Crippen molar-refractivity contribution in [3.8, 4) is 11.1 Å². The summed E-state index contributed by atoms with van der Waals surface area (Å²) >= 11 is 1.56. The molecule has 0 radical (unpaired) electrons. The van der Waals surface area contributed by atoms with E-state index in [0.29, 0.717) is 17.8 Å². The van der Waals surface area contributed by atoms with Crippen LogP contribution in [0, 0.1) is 5.82 Å². The van der Waals surface area contributed by atoms with Crippen LogP contribution in [0.3, 0.4) is 0 Å². The van der Waals surface area contributed by atoms with Crippen molar-refractivity contribution in [2.24, 2.45) is 0 Å². The van der Waals surface area contributed by atoms with Crippen LogP contribution in [0.2, 0.25) is 0 Å². The van der Waals surface area contributed by atoms with Crippen molar-refractivity contribution in [3.05, 3.63) is 75.3 Å². The van der Waals surface area contributed by atoms with Gasteiger partial charge in [-0.15, -0.1) is 11.3 Å². The molecule has 4 aromatic rings. The summed E-state index contributed by atoms with van der Waals surface area (Å²) < 4.78 is 15.3. The number of nitrogens with zero attached hydrogens (tertiary/aromatic N) is 5. The second kappa shape index (κ2) is 8.49. The lowest BCUT2D eigenvalue weighted by Crippen LogP contribution is -2.27. The number of carbonyl (C=O) groups is 1. The number of hydrazine groups is 1. The summed E-state index contributed by atoms with van der Waals surface area (Å²) in [6.45, 7) is 7.95. The van der Waals surface area contributed by atoms with Crippen molar-refractivity contribution < 1.29 is 9.18 Å². The molecule has 0 saturated carbocycles. The predicted octanol–water partition coefficient (Wildman–Crippen LogP) is 5.41. The summed E-state index contributed by atoms with van der Waals surface area (Å²) in [6.07, 6.45) is 3.73. The number of benzene rings is 1. The van der Waals surface area contributed by atoms with E-state index in [0.717, 1.165) is 45.0 Å². The van der Waals surface area contributed by atoms with E-state index in [4.69, 9.17) is 0 Å². The summed E-state index contributed by atoms with van der Waals surface area (Å²) in [5, 5.41) is 4.09. The van der Waals surface area contributed by atoms with Crippen molar-refractivity contribution in [2.45, 2.75) is 39.3 Å². The van der Waals surface area contributed by atoms with Gasteiger partial charge in [0.1, 0.15) is 11.6 Å². The molecule has 0 atom stereocenters. The maximum Gasteiger partial charge on any atom is 0.264 e. The molecule has 2 aliphatic heterocycles. The number of likely N-dealkylation sites (N-methyl/N-ethyl adjacent to an activating group) is 1. The number of imidazole rings is 1. The van der Waals surface area contributed by atoms with Crippen molar-refractivity contribution >= 4 is 34.0 Å². The zero-order valence-electron chi connectivity index (χ0n) is 21.6. The van der Waals surface area contributed by atoms with Gasteiger partial charge in [-0.3, -0.25) is 4.79 Å². The largest absolute Gasteiger partial charge is 0.336 e. The van der Waals surface area contributed by atoms with Crippen LogP contribution in [0.25, 0.3) is 27.9 Å². The van der Waals surface area contributed by atoms with Crippen LogP contribution in [0.5, 0.6) is 0 Å². The number of thiophene rings is 1. The van der Waals surface area contributed by atoms with Crippen LogP contribution in [-0.4, -0.2) is 56.4 Å². The van der Waals surface area contributed by atoms with E-state index in [9.17, 15) is 4.79 Å². The normalized spacial score (nSPS) is 16.3. The molecule has 0 bridgehead atoms. The highest BCUT2D eigenvalue weighted by Gasteiger charge is 2.32. The second-order valence-electron chi connectivity index (χ2n) is 10.9. The maximum atomic E-state index is 15.3. The summed E-state index contributed by atoms with van der Waals surface area (Å²) in [6, 6.07) is 9.21. The van der Waals surface area contributed by atoms with Gasteiger partial charge in [0, 0.05) is 67.7 Å². The number of carbonyl (C=O) groups excluding carboxylic acids is 1. The molecule has 3 aromatic heterocycles. The number of pyridine rings is 1. The Kier molecular flexibility index (Phi) is 5.47. The molecule has 5 heterocycles. The molecule has 9 heteroatoms. The van der Waals surface area contributed by atoms with Gasteiger partial charge in [0.15, 0.2) is 5.65 Å². The molecule has 6 rings (SSSR count). The van der Waals surface area contributed by atoms with E-state index in [1.165, 1.54) is 10.9 Å². The monoisotopic (exact) mass is 516 g/mol. The van der Waals surface area contributed by atoms with Crippen LogP contribution in [0.15, 0.2) is 42.7 Å². The first-order valence-corrected chi connectivity index (χ1v) is 13.1. The van der Waals surface area contributed by atoms with E-state index >= 15 is 4.39 Å². The number of hydrogen-bond acceptors (Lipinski definition) is 6. The Morgan fingerprint density at radius 1 is 1.14 bits per heavy atom. The third-order valence-corrected chi connectivity index (χ3v) is 8.68. The minimum Gasteiger partial charge on any atom is -0.336 e. The van der Waals surface area contributed by atoms with E-state index in [1.54, 1.807) is 28.5 Å². The van der Waals surface area contributed by atoms with Crippen LogP contribution in [0.1, 0.15) is 52.3 Å². The Hall–Kier alpha value is -3.56. The van der Waals surface area contributed by atoms with Crippen LogP contribution in [0.4, 0.5) is 4.39 Å². The Labute approximate surface area is 219 Å². The lowest BCUT2D eigenvalue weighted by atomic mass is 9.94. The quantitative estimate of drug-likeness (QED) is 0.393. The lowest BCUT2D eigenvalue weighted by molar-refractivity contribution is 0.0768. The maximum absolute atomic E-state index is 15.3. The fourth-order valence-corrected chi connectivity index (χ4v) is 6.06. The number of amides is 1.